The van der Waals surface area contributed by atoms with E-state index in [1.54, 1.807) is 6.07 Å². The Morgan fingerprint density at radius 3 is 2.15 bits per heavy atom. The molecule has 1 amide bonds. The quantitative estimate of drug-likeness (QED) is 0.847. The summed E-state index contributed by atoms with van der Waals surface area (Å²) in [4.78, 5) is 11.9. The molecule has 6 heteroatoms. The summed E-state index contributed by atoms with van der Waals surface area (Å²) in [5.41, 5.74) is 5.77. The van der Waals surface area contributed by atoms with E-state index in [-0.39, 0.29) is 16.9 Å². The molecular formula is C20H23F3N2O. The van der Waals surface area contributed by atoms with Crippen molar-refractivity contribution in [2.75, 3.05) is 13.1 Å². The molecule has 0 saturated heterocycles. The Morgan fingerprint density at radius 2 is 1.65 bits per heavy atom. The number of carbonyl (C=O) groups is 1. The third-order valence-corrected chi connectivity index (χ3v) is 4.08. The van der Waals surface area contributed by atoms with Gasteiger partial charge in [0.1, 0.15) is 0 Å². The lowest BCUT2D eigenvalue weighted by Crippen LogP contribution is -2.28. The second-order valence-corrected chi connectivity index (χ2v) is 7.13. The molecule has 0 bridgehead atoms. The zero-order chi connectivity index (χ0) is 19.5. The highest BCUT2D eigenvalue weighted by Gasteiger charge is 2.34. The van der Waals surface area contributed by atoms with Crippen molar-refractivity contribution in [3.05, 3.63) is 59.2 Å². The molecule has 0 aliphatic heterocycles. The van der Waals surface area contributed by atoms with Gasteiger partial charge in [0.25, 0.3) is 5.91 Å². The maximum absolute atomic E-state index is 13.6. The Morgan fingerprint density at radius 1 is 1.04 bits per heavy atom. The molecule has 0 unspecified atom stereocenters. The number of amides is 1. The van der Waals surface area contributed by atoms with E-state index < -0.39 is 11.7 Å². The van der Waals surface area contributed by atoms with Crippen LogP contribution in [0.2, 0.25) is 0 Å². The van der Waals surface area contributed by atoms with E-state index in [9.17, 15) is 18.0 Å². The fraction of sp³-hybridized carbons (Fsp3) is 0.350. The van der Waals surface area contributed by atoms with Crippen LogP contribution in [0.3, 0.4) is 0 Å². The van der Waals surface area contributed by atoms with Gasteiger partial charge in [-0.15, -0.1) is 0 Å². The second kappa shape index (κ2) is 7.50. The van der Waals surface area contributed by atoms with Crippen molar-refractivity contribution in [1.29, 1.82) is 0 Å². The highest BCUT2D eigenvalue weighted by atomic mass is 19.4. The van der Waals surface area contributed by atoms with Crippen molar-refractivity contribution < 1.29 is 18.0 Å². The Labute approximate surface area is 151 Å². The first kappa shape index (κ1) is 20.0. The van der Waals surface area contributed by atoms with Crippen LogP contribution >= 0.6 is 0 Å². The minimum atomic E-state index is -4.46. The molecule has 3 nitrogen and oxygen atoms in total. The lowest BCUT2D eigenvalue weighted by atomic mass is 9.84. The van der Waals surface area contributed by atoms with Crippen LogP contribution in [-0.4, -0.2) is 19.0 Å². The van der Waals surface area contributed by atoms with Crippen molar-refractivity contribution >= 4 is 5.91 Å². The summed E-state index contributed by atoms with van der Waals surface area (Å²) in [5, 5.41) is 2.62. The highest BCUT2D eigenvalue weighted by molar-refractivity contribution is 5.94. The summed E-state index contributed by atoms with van der Waals surface area (Å²) >= 11 is 0. The average molecular weight is 364 g/mol. The largest absolute Gasteiger partial charge is 0.417 e. The van der Waals surface area contributed by atoms with Gasteiger partial charge in [-0.1, -0.05) is 45.0 Å². The van der Waals surface area contributed by atoms with Crippen molar-refractivity contribution in [2.45, 2.75) is 32.4 Å². The molecule has 0 aliphatic rings. The number of nitrogens with one attached hydrogen (secondary N) is 1. The van der Waals surface area contributed by atoms with Crippen molar-refractivity contribution in [2.24, 2.45) is 5.73 Å². The summed E-state index contributed by atoms with van der Waals surface area (Å²) in [6.07, 6.45) is -4.46. The Balaban J connectivity index is 2.43. The van der Waals surface area contributed by atoms with Gasteiger partial charge in [-0.25, -0.2) is 0 Å². The molecule has 0 fully saturated rings. The first-order valence-electron chi connectivity index (χ1n) is 8.34. The summed E-state index contributed by atoms with van der Waals surface area (Å²) in [6.45, 7) is 6.27. The van der Waals surface area contributed by atoms with Gasteiger partial charge in [0, 0.05) is 18.7 Å². The van der Waals surface area contributed by atoms with E-state index >= 15 is 0 Å². The Hall–Kier alpha value is -2.34. The number of hydrogen-bond acceptors (Lipinski definition) is 2. The Kier molecular flexibility index (Phi) is 5.76. The van der Waals surface area contributed by atoms with Crippen molar-refractivity contribution in [3.63, 3.8) is 0 Å². The number of benzene rings is 2. The molecule has 2 aromatic carbocycles. The summed E-state index contributed by atoms with van der Waals surface area (Å²) in [6, 6.07) is 10.5. The first-order valence-corrected chi connectivity index (χ1v) is 8.34. The number of carbonyl (C=O) groups excluding carboxylic acids is 1. The van der Waals surface area contributed by atoms with Gasteiger partial charge >= 0.3 is 6.18 Å². The van der Waals surface area contributed by atoms with E-state index in [4.69, 9.17) is 5.73 Å². The molecule has 0 aromatic heterocycles. The van der Waals surface area contributed by atoms with Crippen LogP contribution in [0.5, 0.6) is 0 Å². The standard InChI is InChI=1S/C20H23F3N2O/c1-19(2,3)15-8-9-16(17(12-15)20(21,22)23)13-4-6-14(7-5-13)18(26)25-11-10-24/h4-9,12H,10-11,24H2,1-3H3,(H,25,26). The van der Waals surface area contributed by atoms with Gasteiger partial charge in [-0.05, 0) is 40.3 Å². The fourth-order valence-electron chi connectivity index (χ4n) is 2.59. The third-order valence-electron chi connectivity index (χ3n) is 4.08. The van der Waals surface area contributed by atoms with Crippen molar-refractivity contribution in [1.82, 2.24) is 5.32 Å². The SMILES string of the molecule is CC(C)(C)c1ccc(-c2ccc(C(=O)NCCN)cc2)c(C(F)(F)F)c1. The van der Waals surface area contributed by atoms with E-state index in [0.717, 1.165) is 0 Å². The second-order valence-electron chi connectivity index (χ2n) is 7.13. The molecular weight excluding hydrogens is 341 g/mol. The van der Waals surface area contributed by atoms with E-state index in [1.807, 2.05) is 20.8 Å². The van der Waals surface area contributed by atoms with Crippen LogP contribution in [0, 0.1) is 0 Å². The molecule has 140 valence electrons. The van der Waals surface area contributed by atoms with Crippen LogP contribution in [0.15, 0.2) is 42.5 Å². The molecule has 0 heterocycles. The monoisotopic (exact) mass is 364 g/mol. The van der Waals surface area contributed by atoms with Gasteiger partial charge < -0.3 is 11.1 Å². The van der Waals surface area contributed by atoms with Crippen molar-refractivity contribution in [3.8, 4) is 11.1 Å². The minimum absolute atomic E-state index is 0.0967. The molecule has 2 aromatic rings. The van der Waals surface area contributed by atoms with E-state index in [2.05, 4.69) is 5.32 Å². The molecule has 3 N–H and O–H groups in total. The summed E-state index contributed by atoms with van der Waals surface area (Å²) in [7, 11) is 0. The molecule has 0 spiro atoms. The Bertz CT molecular complexity index is 775. The van der Waals surface area contributed by atoms with Crippen LogP contribution in [0.1, 0.15) is 42.3 Å². The number of nitrogens with two attached hydrogens (primary N) is 1. The predicted molar refractivity (Wildman–Crippen MR) is 97.0 cm³/mol. The molecule has 2 rings (SSSR count). The van der Waals surface area contributed by atoms with Gasteiger partial charge in [-0.3, -0.25) is 4.79 Å². The van der Waals surface area contributed by atoms with Gasteiger partial charge in [0.05, 0.1) is 5.56 Å². The molecule has 0 radical (unpaired) electrons. The molecule has 26 heavy (non-hydrogen) atoms. The molecule has 0 atom stereocenters. The van der Waals surface area contributed by atoms with Crippen LogP contribution < -0.4 is 11.1 Å². The molecule has 0 saturated carbocycles. The number of hydrogen-bond donors (Lipinski definition) is 2. The van der Waals surface area contributed by atoms with Gasteiger partial charge in [-0.2, -0.15) is 13.2 Å². The lowest BCUT2D eigenvalue weighted by molar-refractivity contribution is -0.137. The normalized spacial score (nSPS) is 12.1. The predicted octanol–water partition coefficient (Wildman–Crippen LogP) is 4.36. The average Bonchev–Trinajstić information content (AvgIpc) is 2.57. The van der Waals surface area contributed by atoms with E-state index in [1.165, 1.54) is 36.4 Å². The van der Waals surface area contributed by atoms with Crippen LogP contribution in [0.4, 0.5) is 13.2 Å². The fourth-order valence-corrected chi connectivity index (χ4v) is 2.59. The van der Waals surface area contributed by atoms with Crippen LogP contribution in [-0.2, 0) is 11.6 Å². The number of halogens is 3. The molecule has 0 aliphatic carbocycles. The highest BCUT2D eigenvalue weighted by Crippen LogP contribution is 2.39. The number of alkyl halides is 3. The minimum Gasteiger partial charge on any atom is -0.351 e. The maximum Gasteiger partial charge on any atom is 0.417 e. The summed E-state index contributed by atoms with van der Waals surface area (Å²) < 4.78 is 40.7. The number of rotatable bonds is 4. The lowest BCUT2D eigenvalue weighted by Gasteiger charge is -2.22. The van der Waals surface area contributed by atoms with Crippen LogP contribution in [0.25, 0.3) is 11.1 Å². The van der Waals surface area contributed by atoms with Gasteiger partial charge in [0.2, 0.25) is 0 Å². The van der Waals surface area contributed by atoms with E-state index in [0.29, 0.717) is 29.8 Å². The smallest absolute Gasteiger partial charge is 0.351 e. The van der Waals surface area contributed by atoms with Gasteiger partial charge in [0.15, 0.2) is 0 Å². The third kappa shape index (κ3) is 4.64. The first-order chi connectivity index (χ1) is 12.0. The topological polar surface area (TPSA) is 55.1 Å². The summed E-state index contributed by atoms with van der Waals surface area (Å²) in [5.74, 6) is -0.305. The maximum atomic E-state index is 13.6. The zero-order valence-corrected chi connectivity index (χ0v) is 15.1. The zero-order valence-electron chi connectivity index (χ0n) is 15.1.